The molecule has 0 spiro atoms. The topological polar surface area (TPSA) is 17.1 Å². The van der Waals surface area contributed by atoms with E-state index in [-0.39, 0.29) is 6.42 Å². The lowest BCUT2D eigenvalue weighted by molar-refractivity contribution is -0.171. The van der Waals surface area contributed by atoms with E-state index in [4.69, 9.17) is 0 Å². The van der Waals surface area contributed by atoms with Crippen LogP contribution in [0, 0.1) is 6.92 Å². The van der Waals surface area contributed by atoms with Crippen LogP contribution in [0.5, 0.6) is 0 Å². The lowest BCUT2D eigenvalue weighted by Gasteiger charge is -2.05. The van der Waals surface area contributed by atoms with E-state index in [0.717, 1.165) is 11.1 Å². The first-order valence-electron chi connectivity index (χ1n) is 5.55. The number of halogens is 3. The average Bonchev–Trinajstić information content (AvgIpc) is 2.25. The van der Waals surface area contributed by atoms with E-state index >= 15 is 0 Å². The number of ketones is 1. The van der Waals surface area contributed by atoms with Crippen LogP contribution in [-0.2, 0) is 11.2 Å². The first-order valence-corrected chi connectivity index (χ1v) is 5.55. The Morgan fingerprint density at radius 1 is 1.12 bits per heavy atom. The van der Waals surface area contributed by atoms with Crippen molar-refractivity contribution in [2.24, 2.45) is 0 Å². The molecule has 0 unspecified atom stereocenters. The second-order valence-electron chi connectivity index (χ2n) is 4.11. The van der Waals surface area contributed by atoms with Gasteiger partial charge in [0.2, 0.25) is 5.78 Å². The third-order valence-electron chi connectivity index (χ3n) is 2.56. The number of carbonyl (C=O) groups excluding carboxylic acids is 1. The molecule has 0 saturated carbocycles. The Hall–Kier alpha value is -1.32. The summed E-state index contributed by atoms with van der Waals surface area (Å²) in [6.07, 6.45) is -3.48. The summed E-state index contributed by atoms with van der Waals surface area (Å²) < 4.78 is 35.7. The zero-order chi connectivity index (χ0) is 12.9. The summed E-state index contributed by atoms with van der Waals surface area (Å²) in [5.41, 5.74) is 2.25. The molecule has 0 saturated heterocycles. The standard InChI is InChI=1S/C13H15F3O/c1-10-6-8-11(9-7-10)4-2-3-5-12(17)13(14,15)16/h6-9H,2-5H2,1H3. The average molecular weight is 244 g/mol. The van der Waals surface area contributed by atoms with Gasteiger partial charge in [0.25, 0.3) is 0 Å². The van der Waals surface area contributed by atoms with Crippen LogP contribution in [0.1, 0.15) is 30.4 Å². The lowest BCUT2D eigenvalue weighted by Crippen LogP contribution is -2.22. The number of hydrogen-bond donors (Lipinski definition) is 0. The van der Waals surface area contributed by atoms with Crippen molar-refractivity contribution in [2.75, 3.05) is 0 Å². The van der Waals surface area contributed by atoms with Crippen LogP contribution in [-0.4, -0.2) is 12.0 Å². The first kappa shape index (κ1) is 13.7. The van der Waals surface area contributed by atoms with Crippen molar-refractivity contribution in [3.8, 4) is 0 Å². The molecule has 17 heavy (non-hydrogen) atoms. The van der Waals surface area contributed by atoms with Crippen LogP contribution in [0.2, 0.25) is 0 Å². The molecule has 0 heterocycles. The van der Waals surface area contributed by atoms with E-state index in [1.807, 2.05) is 31.2 Å². The zero-order valence-electron chi connectivity index (χ0n) is 9.68. The summed E-state index contributed by atoms with van der Waals surface area (Å²) in [5.74, 6) is -1.62. The van der Waals surface area contributed by atoms with Crippen molar-refractivity contribution < 1.29 is 18.0 Å². The van der Waals surface area contributed by atoms with Crippen molar-refractivity contribution in [3.63, 3.8) is 0 Å². The number of carbonyl (C=O) groups is 1. The van der Waals surface area contributed by atoms with Gasteiger partial charge in [0.15, 0.2) is 0 Å². The number of alkyl halides is 3. The molecule has 1 rings (SSSR count). The summed E-state index contributed by atoms with van der Waals surface area (Å²) in [7, 11) is 0. The molecule has 1 aromatic carbocycles. The third kappa shape index (κ3) is 5.02. The van der Waals surface area contributed by atoms with Crippen LogP contribution in [0.25, 0.3) is 0 Å². The smallest absolute Gasteiger partial charge is 0.290 e. The highest BCUT2D eigenvalue weighted by molar-refractivity contribution is 5.83. The second kappa shape index (κ2) is 5.84. The predicted octanol–water partition coefficient (Wildman–Crippen LogP) is 3.84. The fourth-order valence-corrected chi connectivity index (χ4v) is 1.51. The molecule has 0 radical (unpaired) electrons. The Morgan fingerprint density at radius 2 is 1.71 bits per heavy atom. The van der Waals surface area contributed by atoms with E-state index < -0.39 is 18.4 Å². The molecule has 0 aliphatic carbocycles. The molecule has 1 nitrogen and oxygen atoms in total. The number of Topliss-reactive ketones (excluding diaryl/α,β-unsaturated/α-hetero) is 1. The molecule has 0 atom stereocenters. The number of hydrogen-bond acceptors (Lipinski definition) is 1. The minimum atomic E-state index is -4.68. The van der Waals surface area contributed by atoms with Gasteiger partial charge in [-0.25, -0.2) is 0 Å². The molecule has 0 aliphatic heterocycles. The van der Waals surface area contributed by atoms with E-state index in [0.29, 0.717) is 12.8 Å². The van der Waals surface area contributed by atoms with E-state index in [1.54, 1.807) is 0 Å². The number of unbranched alkanes of at least 4 members (excludes halogenated alkanes) is 1. The minimum absolute atomic E-state index is 0.284. The summed E-state index contributed by atoms with van der Waals surface area (Å²) in [4.78, 5) is 10.6. The van der Waals surface area contributed by atoms with Gasteiger partial charge in [0.1, 0.15) is 0 Å². The van der Waals surface area contributed by atoms with Gasteiger partial charge in [-0.3, -0.25) is 4.79 Å². The van der Waals surface area contributed by atoms with Gasteiger partial charge in [0, 0.05) is 6.42 Å². The van der Waals surface area contributed by atoms with Gasteiger partial charge in [-0.15, -0.1) is 0 Å². The van der Waals surface area contributed by atoms with Crippen LogP contribution >= 0.6 is 0 Å². The highest BCUT2D eigenvalue weighted by Gasteiger charge is 2.36. The van der Waals surface area contributed by atoms with Crippen molar-refractivity contribution in [1.82, 2.24) is 0 Å². The van der Waals surface area contributed by atoms with Crippen molar-refractivity contribution in [1.29, 1.82) is 0 Å². The van der Waals surface area contributed by atoms with Crippen molar-refractivity contribution in [2.45, 2.75) is 38.8 Å². The maximum atomic E-state index is 11.9. The second-order valence-corrected chi connectivity index (χ2v) is 4.11. The maximum Gasteiger partial charge on any atom is 0.449 e. The molecule has 0 amide bonds. The summed E-state index contributed by atoms with van der Waals surface area (Å²) in [6.45, 7) is 1.98. The highest BCUT2D eigenvalue weighted by Crippen LogP contribution is 2.19. The largest absolute Gasteiger partial charge is 0.449 e. The molecular weight excluding hydrogens is 229 g/mol. The van der Waals surface area contributed by atoms with E-state index in [1.165, 1.54) is 0 Å². The van der Waals surface area contributed by atoms with Crippen LogP contribution in [0.3, 0.4) is 0 Å². The molecule has 0 bridgehead atoms. The Kier molecular flexibility index (Phi) is 4.73. The predicted molar refractivity (Wildman–Crippen MR) is 59.8 cm³/mol. The van der Waals surface area contributed by atoms with Gasteiger partial charge in [-0.1, -0.05) is 29.8 Å². The molecular formula is C13H15F3O. The maximum absolute atomic E-state index is 11.9. The molecule has 0 aromatic heterocycles. The Morgan fingerprint density at radius 3 is 2.24 bits per heavy atom. The molecule has 0 fully saturated rings. The zero-order valence-corrected chi connectivity index (χ0v) is 9.68. The lowest BCUT2D eigenvalue weighted by atomic mass is 10.0. The fraction of sp³-hybridized carbons (Fsp3) is 0.462. The highest BCUT2D eigenvalue weighted by atomic mass is 19.4. The van der Waals surface area contributed by atoms with Gasteiger partial charge < -0.3 is 0 Å². The van der Waals surface area contributed by atoms with Crippen molar-refractivity contribution >= 4 is 5.78 Å². The van der Waals surface area contributed by atoms with Crippen LogP contribution in [0.4, 0.5) is 13.2 Å². The number of rotatable bonds is 5. The number of benzene rings is 1. The van der Waals surface area contributed by atoms with Gasteiger partial charge in [0.05, 0.1) is 0 Å². The first-order chi connectivity index (χ1) is 7.89. The minimum Gasteiger partial charge on any atom is -0.290 e. The Labute approximate surface area is 98.6 Å². The molecule has 4 heteroatoms. The van der Waals surface area contributed by atoms with Gasteiger partial charge in [-0.2, -0.15) is 13.2 Å². The quantitative estimate of drug-likeness (QED) is 0.719. The molecule has 0 aliphatic rings. The normalized spacial score (nSPS) is 11.5. The van der Waals surface area contributed by atoms with Crippen molar-refractivity contribution in [3.05, 3.63) is 35.4 Å². The van der Waals surface area contributed by atoms with Crippen LogP contribution < -0.4 is 0 Å². The summed E-state index contributed by atoms with van der Waals surface area (Å²) >= 11 is 0. The molecule has 0 N–H and O–H groups in total. The third-order valence-corrected chi connectivity index (χ3v) is 2.56. The van der Waals surface area contributed by atoms with Crippen LogP contribution in [0.15, 0.2) is 24.3 Å². The Bertz CT molecular complexity index is 365. The number of aryl methyl sites for hydroxylation is 2. The monoisotopic (exact) mass is 244 g/mol. The summed E-state index contributed by atoms with van der Waals surface area (Å²) in [6, 6.07) is 7.86. The summed E-state index contributed by atoms with van der Waals surface area (Å²) in [5, 5.41) is 0. The van der Waals surface area contributed by atoms with E-state index in [2.05, 4.69) is 0 Å². The van der Waals surface area contributed by atoms with Gasteiger partial charge >= 0.3 is 6.18 Å². The Balaban J connectivity index is 2.25. The van der Waals surface area contributed by atoms with Gasteiger partial charge in [-0.05, 0) is 31.7 Å². The SMILES string of the molecule is Cc1ccc(CCCCC(=O)C(F)(F)F)cc1. The molecule has 94 valence electrons. The fourth-order valence-electron chi connectivity index (χ4n) is 1.51. The van der Waals surface area contributed by atoms with E-state index in [9.17, 15) is 18.0 Å². The molecule has 1 aromatic rings.